The van der Waals surface area contributed by atoms with Gasteiger partial charge < -0.3 is 28.5 Å². The molecule has 2 rings (SSSR count). The van der Waals surface area contributed by atoms with Crippen molar-refractivity contribution < 1.29 is 28.0 Å². The Morgan fingerprint density at radius 1 is 0.872 bits per heavy atom. The zero-order valence-electron chi connectivity index (χ0n) is 27.2. The van der Waals surface area contributed by atoms with Crippen molar-refractivity contribution in [1.82, 2.24) is 15.7 Å². The van der Waals surface area contributed by atoms with E-state index in [0.29, 0.717) is 6.61 Å². The van der Waals surface area contributed by atoms with Gasteiger partial charge in [0.25, 0.3) is 0 Å². The Kier molecular flexibility index (Phi) is 10.3. The van der Waals surface area contributed by atoms with Crippen LogP contribution in [0.1, 0.15) is 62.3 Å². The molecule has 2 amide bonds. The lowest BCUT2D eigenvalue weighted by Gasteiger charge is -2.45. The van der Waals surface area contributed by atoms with Crippen molar-refractivity contribution in [2.75, 3.05) is 6.61 Å². The summed E-state index contributed by atoms with van der Waals surface area (Å²) in [4.78, 5) is 14.7. The van der Waals surface area contributed by atoms with Crippen LogP contribution in [0.2, 0.25) is 54.4 Å². The van der Waals surface area contributed by atoms with Gasteiger partial charge in [-0.2, -0.15) is 5.48 Å². The fourth-order valence-corrected chi connectivity index (χ4v) is 7.27. The number of carbonyl (C=O) groups is 1. The fourth-order valence-electron chi connectivity index (χ4n) is 3.65. The number of hydrogen-bond donors (Lipinski definition) is 3. The molecule has 2 unspecified atom stereocenters. The van der Waals surface area contributed by atoms with Crippen molar-refractivity contribution in [1.29, 1.82) is 0 Å². The molecule has 0 saturated carbocycles. The minimum atomic E-state index is -2.31. The largest absolute Gasteiger partial charge is 0.414 e. The Balaban J connectivity index is 2.59. The summed E-state index contributed by atoms with van der Waals surface area (Å²) in [5, 5.41) is 12.0. The van der Waals surface area contributed by atoms with E-state index in [1.807, 2.05) is 0 Å². The first-order chi connectivity index (χ1) is 17.3. The number of hydroxylamine groups is 1. The second-order valence-corrected chi connectivity index (χ2v) is 29.9. The van der Waals surface area contributed by atoms with Crippen molar-refractivity contribution in [3.8, 4) is 0 Å². The maximum atomic E-state index is 13.2. The zero-order chi connectivity index (χ0) is 30.4. The molecule has 12 heteroatoms. The summed E-state index contributed by atoms with van der Waals surface area (Å²) >= 11 is 0. The highest BCUT2D eigenvalue weighted by Gasteiger charge is 2.56. The zero-order valence-corrected chi connectivity index (χ0v) is 30.2. The Labute approximate surface area is 240 Å². The standard InChI is InChI=1S/C27H57N3O6Si3/c1-25(2,3)37(10,11)33-18-19-21(35-38(12,13)26(4,5)6)22(36-39(14,15)27(7,8)9)23(34-19)30-17-16-20(29-32)28-24(30)31/h16-17,19-23,29,32H,18H2,1-15H3,(H,28,31)/t19-,20?,21+,22?,23-/m1/s1. The number of rotatable bonds is 9. The molecule has 0 spiro atoms. The van der Waals surface area contributed by atoms with Gasteiger partial charge in [0.1, 0.15) is 24.5 Å². The van der Waals surface area contributed by atoms with Gasteiger partial charge in [0.15, 0.2) is 31.2 Å². The van der Waals surface area contributed by atoms with Crippen LogP contribution in [0.3, 0.4) is 0 Å². The van der Waals surface area contributed by atoms with E-state index in [1.165, 1.54) is 4.90 Å². The second kappa shape index (κ2) is 11.6. The highest BCUT2D eigenvalue weighted by Crippen LogP contribution is 2.45. The number of nitrogens with zero attached hydrogens (tertiary/aromatic N) is 1. The van der Waals surface area contributed by atoms with E-state index >= 15 is 0 Å². The highest BCUT2D eigenvalue weighted by atomic mass is 28.4. The van der Waals surface area contributed by atoms with Crippen LogP contribution >= 0.6 is 0 Å². The van der Waals surface area contributed by atoms with Gasteiger partial charge in [-0.3, -0.25) is 4.90 Å². The van der Waals surface area contributed by atoms with Crippen LogP contribution in [0.4, 0.5) is 4.79 Å². The van der Waals surface area contributed by atoms with Crippen LogP contribution in [0.15, 0.2) is 12.3 Å². The molecule has 2 aliphatic heterocycles. The van der Waals surface area contributed by atoms with Gasteiger partial charge in [-0.15, -0.1) is 0 Å². The van der Waals surface area contributed by atoms with Crippen molar-refractivity contribution in [2.45, 2.75) is 147 Å². The van der Waals surface area contributed by atoms with Crippen molar-refractivity contribution in [3.05, 3.63) is 12.3 Å². The van der Waals surface area contributed by atoms with Gasteiger partial charge >= 0.3 is 6.03 Å². The van der Waals surface area contributed by atoms with E-state index < -0.39 is 55.7 Å². The molecule has 39 heavy (non-hydrogen) atoms. The lowest BCUT2D eigenvalue weighted by atomic mass is 10.1. The molecule has 1 fully saturated rings. The minimum absolute atomic E-state index is 0.0279. The summed E-state index contributed by atoms with van der Waals surface area (Å²) < 4.78 is 27.6. The smallest absolute Gasteiger partial charge is 0.325 e. The molecule has 0 bridgehead atoms. The molecular formula is C27H57N3O6Si3. The van der Waals surface area contributed by atoms with Gasteiger partial charge in [-0.05, 0) is 60.5 Å². The molecule has 228 valence electrons. The first-order valence-electron chi connectivity index (χ1n) is 14.2. The van der Waals surface area contributed by atoms with E-state index in [1.54, 1.807) is 12.3 Å². The number of ether oxygens (including phenoxy) is 1. The Morgan fingerprint density at radius 3 is 1.74 bits per heavy atom. The van der Waals surface area contributed by atoms with Crippen molar-refractivity contribution in [3.63, 3.8) is 0 Å². The summed E-state index contributed by atoms with van der Waals surface area (Å²) in [5.74, 6) is 0. The van der Waals surface area contributed by atoms with E-state index in [-0.39, 0.29) is 21.1 Å². The normalized spacial score (nSPS) is 27.7. The van der Waals surface area contributed by atoms with E-state index in [9.17, 15) is 10.0 Å². The minimum Gasteiger partial charge on any atom is -0.414 e. The van der Waals surface area contributed by atoms with Gasteiger partial charge in [0.2, 0.25) is 0 Å². The Bertz CT molecular complexity index is 893. The Hall–Kier alpha value is -0.579. The lowest BCUT2D eigenvalue weighted by Crippen LogP contribution is -2.59. The quantitative estimate of drug-likeness (QED) is 0.208. The second-order valence-electron chi connectivity index (χ2n) is 15.6. The molecular weight excluding hydrogens is 547 g/mol. The molecule has 9 nitrogen and oxygen atoms in total. The van der Waals surface area contributed by atoms with E-state index in [4.69, 9.17) is 18.0 Å². The van der Waals surface area contributed by atoms with Crippen LogP contribution in [-0.4, -0.2) is 78.4 Å². The topological polar surface area (TPSA) is 102 Å². The van der Waals surface area contributed by atoms with Crippen molar-refractivity contribution >= 4 is 31.0 Å². The summed E-state index contributed by atoms with van der Waals surface area (Å²) in [6.45, 7) is 33.7. The van der Waals surface area contributed by atoms with Crippen LogP contribution in [0.5, 0.6) is 0 Å². The Morgan fingerprint density at radius 2 is 1.33 bits per heavy atom. The molecule has 3 N–H and O–H groups in total. The van der Waals surface area contributed by atoms with E-state index in [2.05, 4.69) is 112 Å². The predicted octanol–water partition coefficient (Wildman–Crippen LogP) is 6.36. The monoisotopic (exact) mass is 603 g/mol. The van der Waals surface area contributed by atoms with Gasteiger partial charge in [-0.1, -0.05) is 62.3 Å². The number of amides is 2. The van der Waals surface area contributed by atoms with Crippen LogP contribution in [0.25, 0.3) is 0 Å². The molecule has 1 saturated heterocycles. The number of urea groups is 1. The molecule has 2 heterocycles. The van der Waals surface area contributed by atoms with Gasteiger partial charge in [0, 0.05) is 6.20 Å². The molecule has 5 atom stereocenters. The predicted molar refractivity (Wildman–Crippen MR) is 164 cm³/mol. The van der Waals surface area contributed by atoms with Crippen LogP contribution in [-0.2, 0) is 18.0 Å². The number of nitrogens with one attached hydrogen (secondary N) is 2. The third kappa shape index (κ3) is 7.83. The van der Waals surface area contributed by atoms with Crippen LogP contribution in [0, 0.1) is 0 Å². The van der Waals surface area contributed by atoms with Crippen LogP contribution < -0.4 is 10.8 Å². The lowest BCUT2D eigenvalue weighted by molar-refractivity contribution is -0.0633. The third-order valence-electron chi connectivity index (χ3n) is 9.54. The first-order valence-corrected chi connectivity index (χ1v) is 22.9. The molecule has 0 aliphatic carbocycles. The molecule has 0 aromatic heterocycles. The third-order valence-corrected chi connectivity index (χ3v) is 23.0. The summed E-state index contributed by atoms with van der Waals surface area (Å²) in [7, 11) is -6.66. The van der Waals surface area contributed by atoms with E-state index in [0.717, 1.165) is 0 Å². The molecule has 0 radical (unpaired) electrons. The first kappa shape index (κ1) is 34.6. The summed E-state index contributed by atoms with van der Waals surface area (Å²) in [6.07, 6.45) is 0.608. The maximum absolute atomic E-state index is 13.2. The summed E-state index contributed by atoms with van der Waals surface area (Å²) in [6, 6.07) is -0.380. The average Bonchev–Trinajstić information content (AvgIpc) is 3.05. The SMILES string of the molecule is CC(C)(C)[Si](C)(C)OC[C@H]1O[C@@H](N2C=CC(NO)NC2=O)C(O[Si](C)(C)C(C)(C)C)[C@H]1O[Si](C)(C)C(C)(C)C. The summed E-state index contributed by atoms with van der Waals surface area (Å²) in [5.41, 5.74) is 2.09. The van der Waals surface area contributed by atoms with Crippen molar-refractivity contribution in [2.24, 2.45) is 0 Å². The fraction of sp³-hybridized carbons (Fsp3) is 0.889. The molecule has 2 aliphatic rings. The van der Waals surface area contributed by atoms with Gasteiger partial charge in [-0.25, -0.2) is 4.79 Å². The molecule has 0 aromatic carbocycles. The number of hydrogen-bond acceptors (Lipinski definition) is 7. The highest BCUT2D eigenvalue weighted by molar-refractivity contribution is 6.75. The average molecular weight is 604 g/mol. The molecule has 0 aromatic rings. The van der Waals surface area contributed by atoms with Gasteiger partial charge in [0.05, 0.1) is 6.61 Å². The maximum Gasteiger partial charge on any atom is 0.325 e. The number of carbonyl (C=O) groups excluding carboxylic acids is 1.